The van der Waals surface area contributed by atoms with Gasteiger partial charge in [-0.3, -0.25) is 5.10 Å². The second-order valence-corrected chi connectivity index (χ2v) is 4.53. The first-order chi connectivity index (χ1) is 7.34. The molecule has 15 heavy (non-hydrogen) atoms. The molecule has 0 bridgehead atoms. The third-order valence-electron chi connectivity index (χ3n) is 2.65. The molecule has 4 heteroatoms. The SMILES string of the molecule is Brc1cccc(-c2[nH]nc3c2CCN3)c1. The molecule has 2 N–H and O–H groups in total. The second-order valence-electron chi connectivity index (χ2n) is 3.61. The van der Waals surface area contributed by atoms with E-state index in [-0.39, 0.29) is 0 Å². The van der Waals surface area contributed by atoms with Gasteiger partial charge in [-0.1, -0.05) is 28.1 Å². The number of aromatic amines is 1. The average molecular weight is 264 g/mol. The van der Waals surface area contributed by atoms with Crippen LogP contribution in [0.2, 0.25) is 0 Å². The maximum Gasteiger partial charge on any atom is 0.151 e. The zero-order valence-corrected chi connectivity index (χ0v) is 9.63. The number of hydrogen-bond donors (Lipinski definition) is 2. The lowest BCUT2D eigenvalue weighted by molar-refractivity contribution is 1.04. The van der Waals surface area contributed by atoms with Crippen LogP contribution >= 0.6 is 15.9 Å². The summed E-state index contributed by atoms with van der Waals surface area (Å²) in [5.74, 6) is 1.00. The summed E-state index contributed by atoms with van der Waals surface area (Å²) in [4.78, 5) is 0. The normalized spacial score (nSPS) is 13.7. The molecule has 0 radical (unpaired) electrons. The van der Waals surface area contributed by atoms with Gasteiger partial charge in [0.15, 0.2) is 5.82 Å². The Hall–Kier alpha value is -1.29. The average Bonchev–Trinajstić information content (AvgIpc) is 2.77. The Kier molecular flexibility index (Phi) is 2.02. The molecule has 0 fully saturated rings. The lowest BCUT2D eigenvalue weighted by Crippen LogP contribution is -1.94. The van der Waals surface area contributed by atoms with E-state index in [2.05, 4.69) is 43.6 Å². The number of hydrogen-bond acceptors (Lipinski definition) is 2. The topological polar surface area (TPSA) is 40.7 Å². The van der Waals surface area contributed by atoms with Gasteiger partial charge in [0.25, 0.3) is 0 Å². The molecule has 0 unspecified atom stereocenters. The van der Waals surface area contributed by atoms with Crippen LogP contribution in [0.3, 0.4) is 0 Å². The van der Waals surface area contributed by atoms with Crippen LogP contribution in [0.15, 0.2) is 28.7 Å². The van der Waals surface area contributed by atoms with E-state index in [0.717, 1.165) is 29.0 Å². The van der Waals surface area contributed by atoms with Gasteiger partial charge in [-0.05, 0) is 18.6 Å². The fourth-order valence-electron chi connectivity index (χ4n) is 1.94. The number of aromatic nitrogens is 2. The number of benzene rings is 1. The smallest absolute Gasteiger partial charge is 0.151 e. The quantitative estimate of drug-likeness (QED) is 0.831. The Balaban J connectivity index is 2.13. The van der Waals surface area contributed by atoms with Crippen LogP contribution in [-0.2, 0) is 6.42 Å². The number of fused-ring (bicyclic) bond motifs is 1. The van der Waals surface area contributed by atoms with Gasteiger partial charge in [-0.25, -0.2) is 0 Å². The molecule has 1 aliphatic rings. The predicted octanol–water partition coefficient (Wildman–Crippen LogP) is 2.81. The number of halogens is 1. The molecule has 0 atom stereocenters. The maximum absolute atomic E-state index is 4.25. The standard InChI is InChI=1S/C11H10BrN3/c12-8-3-1-2-7(6-8)10-9-4-5-13-11(9)15-14-10/h1-3,6H,4-5H2,(H2,13,14,15). The van der Waals surface area contributed by atoms with Crippen LogP contribution < -0.4 is 5.32 Å². The van der Waals surface area contributed by atoms with E-state index in [0.29, 0.717) is 0 Å². The fraction of sp³-hybridized carbons (Fsp3) is 0.182. The minimum Gasteiger partial charge on any atom is -0.368 e. The molecule has 0 spiro atoms. The molecule has 1 aliphatic heterocycles. The van der Waals surface area contributed by atoms with Crippen molar-refractivity contribution in [2.45, 2.75) is 6.42 Å². The maximum atomic E-state index is 4.25. The highest BCUT2D eigenvalue weighted by Gasteiger charge is 2.18. The van der Waals surface area contributed by atoms with Crippen LogP contribution in [0.25, 0.3) is 11.3 Å². The van der Waals surface area contributed by atoms with Crippen molar-refractivity contribution >= 4 is 21.7 Å². The van der Waals surface area contributed by atoms with Gasteiger partial charge < -0.3 is 5.32 Å². The van der Waals surface area contributed by atoms with Crippen LogP contribution in [-0.4, -0.2) is 16.7 Å². The van der Waals surface area contributed by atoms with Crippen molar-refractivity contribution in [3.63, 3.8) is 0 Å². The first-order valence-electron chi connectivity index (χ1n) is 4.91. The van der Waals surface area contributed by atoms with Gasteiger partial charge in [0.05, 0.1) is 5.69 Å². The molecule has 2 heterocycles. The molecule has 0 saturated heterocycles. The van der Waals surface area contributed by atoms with Gasteiger partial charge in [-0.2, -0.15) is 5.10 Å². The second kappa shape index (κ2) is 3.38. The molecule has 1 aromatic heterocycles. The van der Waals surface area contributed by atoms with Crippen molar-refractivity contribution in [1.29, 1.82) is 0 Å². The number of anilines is 1. The first kappa shape index (κ1) is 8.97. The molecule has 0 amide bonds. The molecule has 0 aliphatic carbocycles. The number of nitrogens with one attached hydrogen (secondary N) is 2. The van der Waals surface area contributed by atoms with Crippen LogP contribution in [0.1, 0.15) is 5.56 Å². The zero-order chi connectivity index (χ0) is 10.3. The van der Waals surface area contributed by atoms with Gasteiger partial charge in [0.1, 0.15) is 0 Å². The van der Waals surface area contributed by atoms with E-state index in [1.165, 1.54) is 11.1 Å². The van der Waals surface area contributed by atoms with Crippen molar-refractivity contribution in [1.82, 2.24) is 10.2 Å². The number of nitrogens with zero attached hydrogens (tertiary/aromatic N) is 1. The van der Waals surface area contributed by atoms with E-state index in [4.69, 9.17) is 0 Å². The summed E-state index contributed by atoms with van der Waals surface area (Å²) in [5.41, 5.74) is 3.62. The van der Waals surface area contributed by atoms with Crippen LogP contribution in [0.5, 0.6) is 0 Å². The molecular weight excluding hydrogens is 254 g/mol. The summed E-state index contributed by atoms with van der Waals surface area (Å²) in [6, 6.07) is 8.26. The van der Waals surface area contributed by atoms with E-state index in [1.807, 2.05) is 12.1 Å². The molecule has 0 saturated carbocycles. The molecule has 2 aromatic rings. The van der Waals surface area contributed by atoms with Gasteiger partial charge >= 0.3 is 0 Å². The highest BCUT2D eigenvalue weighted by atomic mass is 79.9. The summed E-state index contributed by atoms with van der Waals surface area (Å²) in [6.07, 6.45) is 1.05. The monoisotopic (exact) mass is 263 g/mol. The summed E-state index contributed by atoms with van der Waals surface area (Å²) >= 11 is 3.48. The molecule has 3 rings (SSSR count). The number of rotatable bonds is 1. The van der Waals surface area contributed by atoms with Crippen molar-refractivity contribution in [2.75, 3.05) is 11.9 Å². The lowest BCUT2D eigenvalue weighted by Gasteiger charge is -2.00. The van der Waals surface area contributed by atoms with Crippen molar-refractivity contribution in [2.24, 2.45) is 0 Å². The predicted molar refractivity (Wildman–Crippen MR) is 63.9 cm³/mol. The Bertz CT molecular complexity index is 504. The summed E-state index contributed by atoms with van der Waals surface area (Å²) in [7, 11) is 0. The number of H-pyrrole nitrogens is 1. The summed E-state index contributed by atoms with van der Waals surface area (Å²) < 4.78 is 1.09. The first-order valence-corrected chi connectivity index (χ1v) is 5.71. The van der Waals surface area contributed by atoms with Gasteiger partial charge in [0, 0.05) is 22.1 Å². The van der Waals surface area contributed by atoms with Crippen LogP contribution in [0, 0.1) is 0 Å². The van der Waals surface area contributed by atoms with Crippen molar-refractivity contribution in [3.8, 4) is 11.3 Å². The van der Waals surface area contributed by atoms with E-state index >= 15 is 0 Å². The van der Waals surface area contributed by atoms with E-state index in [9.17, 15) is 0 Å². The van der Waals surface area contributed by atoms with Crippen molar-refractivity contribution < 1.29 is 0 Å². The third kappa shape index (κ3) is 1.45. The zero-order valence-electron chi connectivity index (χ0n) is 8.05. The largest absolute Gasteiger partial charge is 0.368 e. The molecule has 76 valence electrons. The van der Waals surface area contributed by atoms with Gasteiger partial charge in [0.2, 0.25) is 0 Å². The third-order valence-corrected chi connectivity index (χ3v) is 3.14. The lowest BCUT2D eigenvalue weighted by atomic mass is 10.1. The fourth-order valence-corrected chi connectivity index (χ4v) is 2.34. The Labute approximate surface area is 96.0 Å². The Morgan fingerprint density at radius 3 is 3.13 bits per heavy atom. The highest BCUT2D eigenvalue weighted by Crippen LogP contribution is 2.31. The Morgan fingerprint density at radius 2 is 2.27 bits per heavy atom. The highest BCUT2D eigenvalue weighted by molar-refractivity contribution is 9.10. The Morgan fingerprint density at radius 1 is 1.33 bits per heavy atom. The molecular formula is C11H10BrN3. The minimum atomic E-state index is 0.993. The van der Waals surface area contributed by atoms with E-state index in [1.54, 1.807) is 0 Å². The summed E-state index contributed by atoms with van der Waals surface area (Å²) in [5, 5.41) is 10.6. The molecule has 1 aromatic carbocycles. The minimum absolute atomic E-state index is 0.993. The van der Waals surface area contributed by atoms with Crippen molar-refractivity contribution in [3.05, 3.63) is 34.3 Å². The van der Waals surface area contributed by atoms with Gasteiger partial charge in [-0.15, -0.1) is 0 Å². The van der Waals surface area contributed by atoms with Crippen LogP contribution in [0.4, 0.5) is 5.82 Å². The molecule has 3 nitrogen and oxygen atoms in total. The summed E-state index contributed by atoms with van der Waals surface area (Å²) in [6.45, 7) is 0.993. The van der Waals surface area contributed by atoms with E-state index < -0.39 is 0 Å².